The van der Waals surface area contributed by atoms with E-state index in [1.165, 1.54) is 53.5 Å². The number of hydrogen-bond acceptors (Lipinski definition) is 1. The van der Waals surface area contributed by atoms with Gasteiger partial charge in [-0.2, -0.15) is 0 Å². The van der Waals surface area contributed by atoms with Crippen LogP contribution in [0.25, 0.3) is 0 Å². The lowest BCUT2D eigenvalue weighted by molar-refractivity contribution is 0.464. The first kappa shape index (κ1) is 20.6. The van der Waals surface area contributed by atoms with Crippen molar-refractivity contribution >= 4 is 0 Å². The molecule has 0 aromatic heterocycles. The van der Waals surface area contributed by atoms with E-state index in [-0.39, 0.29) is 0 Å². The van der Waals surface area contributed by atoms with Gasteiger partial charge in [0.05, 0.1) is 0 Å². The highest BCUT2D eigenvalue weighted by atomic mass is 16.3. The summed E-state index contributed by atoms with van der Waals surface area (Å²) in [4.78, 5) is 0. The zero-order valence-corrected chi connectivity index (χ0v) is 17.0. The number of rotatable bonds is 11. The number of aromatic hydroxyl groups is 1. The van der Waals surface area contributed by atoms with E-state index in [9.17, 15) is 5.11 Å². The third-order valence-electron chi connectivity index (χ3n) is 5.32. The maximum atomic E-state index is 10.8. The van der Waals surface area contributed by atoms with Crippen molar-refractivity contribution in [3.63, 3.8) is 0 Å². The number of benzene rings is 2. The van der Waals surface area contributed by atoms with E-state index < -0.39 is 0 Å². The van der Waals surface area contributed by atoms with Crippen molar-refractivity contribution in [1.82, 2.24) is 0 Å². The Morgan fingerprint density at radius 1 is 0.692 bits per heavy atom. The summed E-state index contributed by atoms with van der Waals surface area (Å²) in [6, 6.07) is 12.9. The molecule has 142 valence electrons. The highest BCUT2D eigenvalue weighted by Gasteiger charge is 2.17. The van der Waals surface area contributed by atoms with Crippen LogP contribution < -0.4 is 0 Å². The van der Waals surface area contributed by atoms with Crippen LogP contribution in [-0.2, 0) is 25.7 Å². The third-order valence-corrected chi connectivity index (χ3v) is 5.32. The molecule has 0 spiro atoms. The van der Waals surface area contributed by atoms with Crippen molar-refractivity contribution in [1.29, 1.82) is 0 Å². The van der Waals surface area contributed by atoms with E-state index in [2.05, 4.69) is 57.2 Å². The number of phenolic OH excluding ortho intramolecular Hbond substituents is 1. The summed E-state index contributed by atoms with van der Waals surface area (Å²) >= 11 is 0. The van der Waals surface area contributed by atoms with Crippen LogP contribution in [0.5, 0.6) is 5.75 Å². The second-order valence-corrected chi connectivity index (χ2v) is 7.46. The van der Waals surface area contributed by atoms with Crippen LogP contribution in [-0.4, -0.2) is 5.11 Å². The maximum absolute atomic E-state index is 10.8. The summed E-state index contributed by atoms with van der Waals surface area (Å²) in [5, 5.41) is 10.8. The number of unbranched alkanes of at least 4 members (excludes halogenated alkanes) is 3. The molecule has 26 heavy (non-hydrogen) atoms. The molecule has 0 aliphatic carbocycles. The predicted molar refractivity (Wildman–Crippen MR) is 113 cm³/mol. The van der Waals surface area contributed by atoms with E-state index in [0.717, 1.165) is 38.5 Å². The third kappa shape index (κ3) is 5.62. The molecule has 0 unspecified atom stereocenters. The Bertz CT molecular complexity index is 658. The smallest absolute Gasteiger partial charge is 0.119 e. The van der Waals surface area contributed by atoms with E-state index in [0.29, 0.717) is 5.75 Å². The zero-order valence-electron chi connectivity index (χ0n) is 17.0. The molecule has 1 heteroatoms. The summed E-state index contributed by atoms with van der Waals surface area (Å²) in [7, 11) is 0. The first-order valence-electron chi connectivity index (χ1n) is 10.6. The van der Waals surface area contributed by atoms with Crippen molar-refractivity contribution in [3.05, 3.63) is 64.2 Å². The Hall–Kier alpha value is -1.76. The van der Waals surface area contributed by atoms with Crippen LogP contribution in [0.4, 0.5) is 0 Å². The molecule has 2 aromatic rings. The first-order valence-corrected chi connectivity index (χ1v) is 10.6. The van der Waals surface area contributed by atoms with Gasteiger partial charge in [0.25, 0.3) is 0 Å². The van der Waals surface area contributed by atoms with E-state index >= 15 is 0 Å². The van der Waals surface area contributed by atoms with Gasteiger partial charge in [-0.25, -0.2) is 0 Å². The van der Waals surface area contributed by atoms with Gasteiger partial charge < -0.3 is 5.11 Å². The van der Waals surface area contributed by atoms with Crippen molar-refractivity contribution in [2.24, 2.45) is 0 Å². The maximum Gasteiger partial charge on any atom is 0.119 e. The second kappa shape index (κ2) is 11.1. The molecule has 0 fully saturated rings. The van der Waals surface area contributed by atoms with Crippen LogP contribution in [0.2, 0.25) is 0 Å². The van der Waals surface area contributed by atoms with Crippen molar-refractivity contribution in [2.45, 2.75) is 85.0 Å². The van der Waals surface area contributed by atoms with Crippen LogP contribution in [0.1, 0.15) is 87.1 Å². The average molecular weight is 353 g/mol. The SMILES string of the molecule is CCCCc1cc(O)c(CCCC)c(CCCC)c1Cc1ccccc1. The van der Waals surface area contributed by atoms with Crippen LogP contribution >= 0.6 is 0 Å². The molecule has 2 rings (SSSR count). The highest BCUT2D eigenvalue weighted by molar-refractivity contribution is 5.51. The molecule has 2 aromatic carbocycles. The minimum atomic E-state index is 0.535. The number of hydrogen-bond donors (Lipinski definition) is 1. The average Bonchev–Trinajstić information content (AvgIpc) is 2.66. The highest BCUT2D eigenvalue weighted by Crippen LogP contribution is 2.33. The summed E-state index contributed by atoms with van der Waals surface area (Å²) in [6.45, 7) is 6.72. The Morgan fingerprint density at radius 2 is 1.27 bits per heavy atom. The molecule has 0 saturated carbocycles. The first-order chi connectivity index (χ1) is 12.7. The minimum absolute atomic E-state index is 0.535. The molecular formula is C25H36O. The molecule has 0 bridgehead atoms. The van der Waals surface area contributed by atoms with Crippen molar-refractivity contribution in [2.75, 3.05) is 0 Å². The van der Waals surface area contributed by atoms with Gasteiger partial charge in [0.15, 0.2) is 0 Å². The quantitative estimate of drug-likeness (QED) is 0.461. The van der Waals surface area contributed by atoms with E-state index in [1.807, 2.05) is 0 Å². The van der Waals surface area contributed by atoms with Gasteiger partial charge >= 0.3 is 0 Å². The minimum Gasteiger partial charge on any atom is -0.508 e. The zero-order chi connectivity index (χ0) is 18.8. The van der Waals surface area contributed by atoms with Gasteiger partial charge in [0.2, 0.25) is 0 Å². The van der Waals surface area contributed by atoms with Crippen molar-refractivity contribution < 1.29 is 5.11 Å². The molecule has 0 atom stereocenters. The van der Waals surface area contributed by atoms with Gasteiger partial charge in [0.1, 0.15) is 5.75 Å². The molecule has 0 heterocycles. The largest absolute Gasteiger partial charge is 0.508 e. The van der Waals surface area contributed by atoms with Gasteiger partial charge in [0, 0.05) is 0 Å². The summed E-state index contributed by atoms with van der Waals surface area (Å²) < 4.78 is 0. The molecule has 0 radical (unpaired) electrons. The van der Waals surface area contributed by atoms with Crippen LogP contribution in [0.3, 0.4) is 0 Å². The molecule has 0 aliphatic heterocycles. The fraction of sp³-hybridized carbons (Fsp3) is 0.520. The summed E-state index contributed by atoms with van der Waals surface area (Å²) in [5.74, 6) is 0.535. The Kier molecular flexibility index (Phi) is 8.74. The van der Waals surface area contributed by atoms with Gasteiger partial charge in [-0.1, -0.05) is 70.4 Å². The molecule has 0 aliphatic rings. The van der Waals surface area contributed by atoms with Crippen LogP contribution in [0.15, 0.2) is 36.4 Å². The molecule has 0 saturated heterocycles. The number of phenols is 1. The fourth-order valence-corrected chi connectivity index (χ4v) is 3.77. The van der Waals surface area contributed by atoms with Gasteiger partial charge in [-0.3, -0.25) is 0 Å². The summed E-state index contributed by atoms with van der Waals surface area (Å²) in [6.07, 6.45) is 11.2. The lowest BCUT2D eigenvalue weighted by Crippen LogP contribution is -2.07. The second-order valence-electron chi connectivity index (χ2n) is 7.46. The Morgan fingerprint density at radius 3 is 1.88 bits per heavy atom. The van der Waals surface area contributed by atoms with Crippen LogP contribution in [0, 0.1) is 0 Å². The fourth-order valence-electron chi connectivity index (χ4n) is 3.77. The van der Waals surface area contributed by atoms with E-state index in [1.54, 1.807) is 0 Å². The molecule has 1 nitrogen and oxygen atoms in total. The van der Waals surface area contributed by atoms with Gasteiger partial charge in [-0.15, -0.1) is 0 Å². The number of aryl methyl sites for hydroxylation is 1. The Balaban J connectivity index is 2.51. The molecule has 1 N–H and O–H groups in total. The van der Waals surface area contributed by atoms with E-state index in [4.69, 9.17) is 0 Å². The topological polar surface area (TPSA) is 20.2 Å². The van der Waals surface area contributed by atoms with Gasteiger partial charge in [-0.05, 0) is 78.8 Å². The standard InChI is InChI=1S/C25H36O/c1-4-7-15-21-19-25(26)23(17-9-6-3)22(16-8-5-2)24(21)18-20-13-11-10-12-14-20/h10-14,19,26H,4-9,15-18H2,1-3H3. The molecule has 0 amide bonds. The predicted octanol–water partition coefficient (Wildman–Crippen LogP) is 7.01. The monoisotopic (exact) mass is 352 g/mol. The summed E-state index contributed by atoms with van der Waals surface area (Å²) in [5.41, 5.74) is 6.87. The lowest BCUT2D eigenvalue weighted by atomic mass is 9.85. The molecular weight excluding hydrogens is 316 g/mol. The van der Waals surface area contributed by atoms with Crippen molar-refractivity contribution in [3.8, 4) is 5.75 Å². The normalized spacial score (nSPS) is 11.0. The Labute approximate surface area is 160 Å². The lowest BCUT2D eigenvalue weighted by Gasteiger charge is -2.21.